The van der Waals surface area contributed by atoms with Gasteiger partial charge in [-0.15, -0.1) is 0 Å². The van der Waals surface area contributed by atoms with Gasteiger partial charge in [0.15, 0.2) is 0 Å². The normalized spacial score (nSPS) is 19.5. The van der Waals surface area contributed by atoms with Crippen LogP contribution in [-0.2, 0) is 14.3 Å². The molecule has 0 aromatic rings. The first-order valence-electron chi connectivity index (χ1n) is 4.55. The molecule has 0 aliphatic heterocycles. The van der Waals surface area contributed by atoms with Gasteiger partial charge < -0.3 is 0 Å². The van der Waals surface area contributed by atoms with Crippen LogP contribution in [0.4, 0.5) is 0 Å². The molecule has 0 radical (unpaired) electrons. The van der Waals surface area contributed by atoms with Gasteiger partial charge in [-0.05, 0) is 19.8 Å². The Balaban J connectivity index is 0.00000144. The van der Waals surface area contributed by atoms with Gasteiger partial charge in [-0.25, -0.2) is 0 Å². The Morgan fingerprint density at radius 2 is 1.77 bits per heavy atom. The molecular weight excluding hydrogens is 215 g/mol. The molecule has 0 heterocycles. The fourth-order valence-electron chi connectivity index (χ4n) is 1.61. The molecule has 0 amide bonds. The molecule has 1 aliphatic carbocycles. The van der Waals surface area contributed by atoms with E-state index in [9.17, 15) is 8.42 Å². The van der Waals surface area contributed by atoms with Crippen LogP contribution in [0.5, 0.6) is 0 Å². The summed E-state index contributed by atoms with van der Waals surface area (Å²) in [4.78, 5) is 0. The van der Waals surface area contributed by atoms with Crippen molar-refractivity contribution in [2.75, 3.05) is 6.61 Å². The fraction of sp³-hybridized carbons (Fsp3) is 1.00. The first kappa shape index (κ1) is 14.5. The van der Waals surface area contributed by atoms with E-state index in [-0.39, 0.29) is 63.2 Å². The summed E-state index contributed by atoms with van der Waals surface area (Å²) >= 11 is 0. The van der Waals surface area contributed by atoms with Crippen molar-refractivity contribution in [3.8, 4) is 0 Å². The van der Waals surface area contributed by atoms with Gasteiger partial charge in [0, 0.05) is 0 Å². The molecule has 3 nitrogen and oxygen atoms in total. The average Bonchev–Trinajstić information content (AvgIpc) is 2.06. The fourth-order valence-corrected chi connectivity index (χ4v) is 3.05. The molecule has 0 atom stereocenters. The molecule has 0 spiro atoms. The van der Waals surface area contributed by atoms with Crippen LogP contribution in [0.15, 0.2) is 0 Å². The molecule has 0 aromatic carbocycles. The van der Waals surface area contributed by atoms with Crippen molar-refractivity contribution in [3.63, 3.8) is 0 Å². The van der Waals surface area contributed by atoms with Gasteiger partial charge in [0.05, 0.1) is 11.9 Å². The molecule has 1 saturated carbocycles. The molecule has 1 rings (SSSR count). The van der Waals surface area contributed by atoms with Crippen molar-refractivity contribution < 1.29 is 12.6 Å². The second-order valence-electron chi connectivity index (χ2n) is 3.16. The first-order valence-corrected chi connectivity index (χ1v) is 6.02. The van der Waals surface area contributed by atoms with E-state index in [1.807, 2.05) is 0 Å². The molecule has 1 aliphatic rings. The van der Waals surface area contributed by atoms with Crippen LogP contribution in [0.3, 0.4) is 0 Å². The van der Waals surface area contributed by atoms with E-state index in [4.69, 9.17) is 4.18 Å². The van der Waals surface area contributed by atoms with Crippen molar-refractivity contribution in [2.45, 2.75) is 44.3 Å². The van der Waals surface area contributed by atoms with Crippen LogP contribution in [-0.4, -0.2) is 71.7 Å². The molecular formula is C8H17KO3S. The molecule has 1 fully saturated rings. The van der Waals surface area contributed by atoms with E-state index in [1.165, 1.54) is 0 Å². The van der Waals surface area contributed by atoms with Crippen LogP contribution in [0.1, 0.15) is 39.0 Å². The molecule has 0 N–H and O–H groups in total. The van der Waals surface area contributed by atoms with E-state index in [2.05, 4.69) is 0 Å². The van der Waals surface area contributed by atoms with Crippen molar-refractivity contribution >= 4 is 61.5 Å². The van der Waals surface area contributed by atoms with Gasteiger partial charge in [-0.2, -0.15) is 8.42 Å². The Bertz CT molecular complexity index is 220. The Morgan fingerprint density at radius 1 is 1.23 bits per heavy atom. The van der Waals surface area contributed by atoms with Crippen LogP contribution in [0.2, 0.25) is 0 Å². The minimum absolute atomic E-state index is 0. The minimum atomic E-state index is -3.23. The van der Waals surface area contributed by atoms with Crippen LogP contribution >= 0.6 is 0 Å². The topological polar surface area (TPSA) is 43.4 Å². The summed E-state index contributed by atoms with van der Waals surface area (Å²) in [5.41, 5.74) is 0. The zero-order chi connectivity index (χ0) is 9.03. The van der Waals surface area contributed by atoms with E-state index in [1.54, 1.807) is 6.92 Å². The quantitative estimate of drug-likeness (QED) is 0.539. The number of hydrogen-bond acceptors (Lipinski definition) is 3. The predicted molar refractivity (Wildman–Crippen MR) is 54.6 cm³/mol. The Hall–Kier alpha value is 1.55. The third-order valence-corrected chi connectivity index (χ3v) is 4.09. The third-order valence-electron chi connectivity index (χ3n) is 2.24. The second-order valence-corrected chi connectivity index (χ2v) is 5.05. The molecule has 0 bridgehead atoms. The second kappa shape index (κ2) is 6.93. The van der Waals surface area contributed by atoms with Crippen molar-refractivity contribution in [2.24, 2.45) is 0 Å². The molecule has 13 heavy (non-hydrogen) atoms. The van der Waals surface area contributed by atoms with Crippen molar-refractivity contribution in [3.05, 3.63) is 0 Å². The Morgan fingerprint density at radius 3 is 2.23 bits per heavy atom. The zero-order valence-electron chi connectivity index (χ0n) is 7.45. The Labute approximate surface area is 123 Å². The maximum atomic E-state index is 11.4. The standard InChI is InChI=1S/C8H16O3S.K.H/c1-2-11-12(9,10)8-6-4-3-5-7-8;;/h8H,2-7H2,1H3;;. The molecule has 74 valence electrons. The molecule has 0 saturated heterocycles. The van der Waals surface area contributed by atoms with Gasteiger partial charge in [0.1, 0.15) is 0 Å². The van der Waals surface area contributed by atoms with Gasteiger partial charge in [-0.1, -0.05) is 19.3 Å². The van der Waals surface area contributed by atoms with Crippen LogP contribution in [0.25, 0.3) is 0 Å². The molecule has 0 aromatic heterocycles. The predicted octanol–water partition coefficient (Wildman–Crippen LogP) is 1.04. The SMILES string of the molecule is CCOS(=O)(=O)C1CCCCC1.[KH]. The van der Waals surface area contributed by atoms with E-state index >= 15 is 0 Å². The number of hydrogen-bond donors (Lipinski definition) is 0. The molecule has 5 heteroatoms. The number of rotatable bonds is 3. The van der Waals surface area contributed by atoms with E-state index in [0.29, 0.717) is 0 Å². The van der Waals surface area contributed by atoms with E-state index in [0.717, 1.165) is 32.1 Å². The van der Waals surface area contributed by atoms with E-state index < -0.39 is 10.1 Å². The van der Waals surface area contributed by atoms with Crippen LogP contribution < -0.4 is 0 Å². The average molecular weight is 232 g/mol. The summed E-state index contributed by atoms with van der Waals surface area (Å²) in [5.74, 6) is 0. The summed E-state index contributed by atoms with van der Waals surface area (Å²) in [5, 5.41) is -0.230. The maximum absolute atomic E-state index is 11.4. The summed E-state index contributed by atoms with van der Waals surface area (Å²) < 4.78 is 27.5. The summed E-state index contributed by atoms with van der Waals surface area (Å²) in [6, 6.07) is 0. The van der Waals surface area contributed by atoms with Gasteiger partial charge in [-0.3, -0.25) is 4.18 Å². The summed E-state index contributed by atoms with van der Waals surface area (Å²) in [6.07, 6.45) is 4.77. The van der Waals surface area contributed by atoms with Gasteiger partial charge >= 0.3 is 51.4 Å². The Kier molecular flexibility index (Phi) is 7.75. The summed E-state index contributed by atoms with van der Waals surface area (Å²) in [6.45, 7) is 1.97. The van der Waals surface area contributed by atoms with Gasteiger partial charge in [0.25, 0.3) is 10.1 Å². The van der Waals surface area contributed by atoms with Crippen LogP contribution in [0, 0.1) is 0 Å². The monoisotopic (exact) mass is 232 g/mol. The summed E-state index contributed by atoms with van der Waals surface area (Å²) in [7, 11) is -3.23. The molecule has 0 unspecified atom stereocenters. The first-order chi connectivity index (χ1) is 5.67. The zero-order valence-corrected chi connectivity index (χ0v) is 8.27. The van der Waals surface area contributed by atoms with Crippen molar-refractivity contribution in [1.29, 1.82) is 0 Å². The van der Waals surface area contributed by atoms with Gasteiger partial charge in [0.2, 0.25) is 0 Å². The van der Waals surface area contributed by atoms with Crippen molar-refractivity contribution in [1.82, 2.24) is 0 Å². The third kappa shape index (κ3) is 4.73.